The summed E-state index contributed by atoms with van der Waals surface area (Å²) in [5.41, 5.74) is 6.74. The molecule has 106 valence electrons. The molecule has 0 aliphatic carbocycles. The van der Waals surface area contributed by atoms with Crippen LogP contribution in [0, 0.1) is 0 Å². The van der Waals surface area contributed by atoms with Crippen LogP contribution >= 0.6 is 11.3 Å². The van der Waals surface area contributed by atoms with Crippen molar-refractivity contribution in [1.29, 1.82) is 0 Å². The fourth-order valence-corrected chi connectivity index (χ4v) is 3.33. The molecule has 1 aromatic carbocycles. The van der Waals surface area contributed by atoms with Gasteiger partial charge in [-0.3, -0.25) is 9.69 Å². The first-order valence-corrected chi connectivity index (χ1v) is 7.84. The highest BCUT2D eigenvalue weighted by Crippen LogP contribution is 2.24. The number of nitrogens with two attached hydrogens (primary N) is 1. The van der Waals surface area contributed by atoms with Crippen LogP contribution in [0.2, 0.25) is 0 Å². The molecule has 1 aromatic heterocycles. The molecule has 2 aromatic rings. The molecular formula is C15H19N3OS. The number of anilines is 1. The topological polar surface area (TPSA) is 58.4 Å². The number of rotatable bonds is 3. The number of carbonyl (C=O) groups excluding carboxylic acids is 1. The predicted octanol–water partition coefficient (Wildman–Crippen LogP) is 2.26. The maximum atomic E-state index is 12.1. The summed E-state index contributed by atoms with van der Waals surface area (Å²) < 4.78 is 1.24. The van der Waals surface area contributed by atoms with Gasteiger partial charge in [0.05, 0.1) is 6.54 Å². The van der Waals surface area contributed by atoms with E-state index in [1.54, 1.807) is 11.3 Å². The molecule has 2 heterocycles. The number of nitrogens with one attached hydrogen (secondary N) is 1. The van der Waals surface area contributed by atoms with Gasteiger partial charge >= 0.3 is 0 Å². The summed E-state index contributed by atoms with van der Waals surface area (Å²) >= 11 is 1.71. The summed E-state index contributed by atoms with van der Waals surface area (Å²) in [4.78, 5) is 14.2. The third-order valence-corrected chi connectivity index (χ3v) is 4.63. The number of piperidine rings is 1. The first-order chi connectivity index (χ1) is 9.70. The van der Waals surface area contributed by atoms with Crippen molar-refractivity contribution < 1.29 is 4.79 Å². The number of thiophene rings is 1. The second kappa shape index (κ2) is 5.91. The van der Waals surface area contributed by atoms with E-state index in [0.29, 0.717) is 12.6 Å². The van der Waals surface area contributed by atoms with Gasteiger partial charge in [0.25, 0.3) is 0 Å². The summed E-state index contributed by atoms with van der Waals surface area (Å²) in [7, 11) is 0. The van der Waals surface area contributed by atoms with Gasteiger partial charge in [0.15, 0.2) is 0 Å². The van der Waals surface area contributed by atoms with Gasteiger partial charge in [-0.05, 0) is 47.9 Å². The molecule has 0 radical (unpaired) electrons. The lowest BCUT2D eigenvalue weighted by molar-refractivity contribution is -0.117. The third-order valence-electron chi connectivity index (χ3n) is 3.74. The minimum atomic E-state index is 0.0510. The molecular weight excluding hydrogens is 270 g/mol. The number of fused-ring (bicyclic) bond motifs is 1. The fraction of sp³-hybridized carbons (Fsp3) is 0.400. The smallest absolute Gasteiger partial charge is 0.238 e. The number of benzene rings is 1. The van der Waals surface area contributed by atoms with Crippen LogP contribution in [0.4, 0.5) is 5.69 Å². The maximum absolute atomic E-state index is 12.1. The lowest BCUT2D eigenvalue weighted by atomic mass is 10.1. The first kappa shape index (κ1) is 13.5. The molecule has 1 amide bonds. The molecule has 0 bridgehead atoms. The summed E-state index contributed by atoms with van der Waals surface area (Å²) in [5.74, 6) is 0.0510. The van der Waals surface area contributed by atoms with Gasteiger partial charge in [-0.15, -0.1) is 11.3 Å². The molecule has 1 aliphatic heterocycles. The van der Waals surface area contributed by atoms with Crippen LogP contribution in [0.5, 0.6) is 0 Å². The van der Waals surface area contributed by atoms with Crippen molar-refractivity contribution in [3.63, 3.8) is 0 Å². The molecule has 1 aliphatic rings. The second-order valence-electron chi connectivity index (χ2n) is 5.33. The molecule has 0 atom stereocenters. The zero-order chi connectivity index (χ0) is 13.9. The van der Waals surface area contributed by atoms with Crippen LogP contribution in [-0.4, -0.2) is 36.5 Å². The Hall–Kier alpha value is -1.43. The van der Waals surface area contributed by atoms with Gasteiger partial charge in [-0.1, -0.05) is 0 Å². The molecule has 1 saturated heterocycles. The maximum Gasteiger partial charge on any atom is 0.238 e. The Morgan fingerprint density at radius 3 is 2.95 bits per heavy atom. The summed E-state index contributed by atoms with van der Waals surface area (Å²) in [6, 6.07) is 8.41. The predicted molar refractivity (Wildman–Crippen MR) is 84.1 cm³/mol. The van der Waals surface area contributed by atoms with E-state index >= 15 is 0 Å². The number of nitrogens with zero attached hydrogens (tertiary/aromatic N) is 1. The molecule has 0 saturated carbocycles. The molecule has 5 heteroatoms. The molecule has 3 N–H and O–H groups in total. The van der Waals surface area contributed by atoms with E-state index < -0.39 is 0 Å². The Kier molecular flexibility index (Phi) is 4.00. The SMILES string of the molecule is NC1CCN(CC(=O)Nc2ccc3sccc3c2)CC1. The molecule has 1 fully saturated rings. The highest BCUT2D eigenvalue weighted by Gasteiger charge is 2.18. The molecule has 0 spiro atoms. The number of hydrogen-bond donors (Lipinski definition) is 2. The van der Waals surface area contributed by atoms with Crippen molar-refractivity contribution in [2.75, 3.05) is 25.0 Å². The number of likely N-dealkylation sites (tertiary alicyclic amines) is 1. The second-order valence-corrected chi connectivity index (χ2v) is 6.28. The normalized spacial score (nSPS) is 17.4. The monoisotopic (exact) mass is 289 g/mol. The largest absolute Gasteiger partial charge is 0.328 e. The Labute approximate surface area is 122 Å². The molecule has 4 nitrogen and oxygen atoms in total. The van der Waals surface area contributed by atoms with Crippen LogP contribution in [0.15, 0.2) is 29.6 Å². The minimum absolute atomic E-state index is 0.0510. The molecule has 3 rings (SSSR count). The van der Waals surface area contributed by atoms with Gasteiger partial charge in [-0.2, -0.15) is 0 Å². The van der Waals surface area contributed by atoms with Crippen molar-refractivity contribution in [1.82, 2.24) is 4.90 Å². The van der Waals surface area contributed by atoms with Crippen molar-refractivity contribution in [2.45, 2.75) is 18.9 Å². The first-order valence-electron chi connectivity index (χ1n) is 6.96. The number of hydrogen-bond acceptors (Lipinski definition) is 4. The van der Waals surface area contributed by atoms with Gasteiger partial charge in [0, 0.05) is 29.5 Å². The van der Waals surface area contributed by atoms with E-state index in [1.165, 1.54) is 10.1 Å². The quantitative estimate of drug-likeness (QED) is 0.911. The Balaban J connectivity index is 1.58. The molecule has 20 heavy (non-hydrogen) atoms. The zero-order valence-electron chi connectivity index (χ0n) is 11.3. The highest BCUT2D eigenvalue weighted by molar-refractivity contribution is 7.17. The van der Waals surface area contributed by atoms with Crippen LogP contribution in [-0.2, 0) is 4.79 Å². The highest BCUT2D eigenvalue weighted by atomic mass is 32.1. The summed E-state index contributed by atoms with van der Waals surface area (Å²) in [6.07, 6.45) is 1.96. The van der Waals surface area contributed by atoms with E-state index in [9.17, 15) is 4.79 Å². The van der Waals surface area contributed by atoms with Crippen LogP contribution in [0.25, 0.3) is 10.1 Å². The Morgan fingerprint density at radius 1 is 1.35 bits per heavy atom. The number of amides is 1. The minimum Gasteiger partial charge on any atom is -0.328 e. The van der Waals surface area contributed by atoms with Crippen molar-refractivity contribution >= 4 is 33.0 Å². The van der Waals surface area contributed by atoms with Gasteiger partial charge in [-0.25, -0.2) is 0 Å². The van der Waals surface area contributed by atoms with E-state index in [0.717, 1.165) is 31.6 Å². The third kappa shape index (κ3) is 3.17. The summed E-state index contributed by atoms with van der Waals surface area (Å²) in [5, 5.41) is 6.22. The summed E-state index contributed by atoms with van der Waals surface area (Å²) in [6.45, 7) is 2.28. The average molecular weight is 289 g/mol. The lowest BCUT2D eigenvalue weighted by Gasteiger charge is -2.29. The van der Waals surface area contributed by atoms with E-state index in [2.05, 4.69) is 27.7 Å². The van der Waals surface area contributed by atoms with Crippen LogP contribution in [0.3, 0.4) is 0 Å². The average Bonchev–Trinajstić information content (AvgIpc) is 2.89. The van der Waals surface area contributed by atoms with Crippen LogP contribution in [0.1, 0.15) is 12.8 Å². The Morgan fingerprint density at radius 2 is 2.15 bits per heavy atom. The lowest BCUT2D eigenvalue weighted by Crippen LogP contribution is -2.43. The molecule has 0 unspecified atom stereocenters. The van der Waals surface area contributed by atoms with E-state index in [-0.39, 0.29) is 5.91 Å². The van der Waals surface area contributed by atoms with Gasteiger partial charge in [0.2, 0.25) is 5.91 Å². The Bertz CT molecular complexity index is 602. The zero-order valence-corrected chi connectivity index (χ0v) is 12.2. The van der Waals surface area contributed by atoms with Gasteiger partial charge in [0.1, 0.15) is 0 Å². The van der Waals surface area contributed by atoms with Gasteiger partial charge < -0.3 is 11.1 Å². The standard InChI is InChI=1S/C15H19N3OS/c16-12-3-6-18(7-4-12)10-15(19)17-13-1-2-14-11(9-13)5-8-20-14/h1-2,5,8-9,12H,3-4,6-7,10,16H2,(H,17,19). The van der Waals surface area contributed by atoms with E-state index in [4.69, 9.17) is 5.73 Å². The van der Waals surface area contributed by atoms with Crippen molar-refractivity contribution in [3.8, 4) is 0 Å². The van der Waals surface area contributed by atoms with Crippen molar-refractivity contribution in [3.05, 3.63) is 29.6 Å². The van der Waals surface area contributed by atoms with Crippen LogP contribution < -0.4 is 11.1 Å². The fourth-order valence-electron chi connectivity index (χ4n) is 2.56. The van der Waals surface area contributed by atoms with Crippen molar-refractivity contribution in [2.24, 2.45) is 5.73 Å². The van der Waals surface area contributed by atoms with E-state index in [1.807, 2.05) is 12.1 Å². The number of carbonyl (C=O) groups is 1.